The second kappa shape index (κ2) is 12.2. The number of aliphatic imine (C=N–C) groups is 1. The van der Waals surface area contributed by atoms with Crippen molar-refractivity contribution in [1.82, 2.24) is 20.4 Å². The van der Waals surface area contributed by atoms with E-state index in [1.165, 1.54) is 17.2 Å². The summed E-state index contributed by atoms with van der Waals surface area (Å²) in [5, 5.41) is 10.8. The van der Waals surface area contributed by atoms with Crippen molar-refractivity contribution in [2.45, 2.75) is 26.1 Å². The van der Waals surface area contributed by atoms with Gasteiger partial charge in [-0.2, -0.15) is 5.10 Å². The second-order valence-electron chi connectivity index (χ2n) is 6.64. The number of benzene rings is 2. The van der Waals surface area contributed by atoms with Gasteiger partial charge in [-0.3, -0.25) is 9.67 Å². The lowest BCUT2D eigenvalue weighted by Crippen LogP contribution is -2.41. The zero-order valence-corrected chi connectivity index (χ0v) is 19.4. The van der Waals surface area contributed by atoms with Gasteiger partial charge in [-0.1, -0.05) is 36.4 Å². The molecule has 0 aliphatic carbocycles. The molecule has 8 heteroatoms. The van der Waals surface area contributed by atoms with Crippen molar-refractivity contribution in [2.75, 3.05) is 13.6 Å². The molecule has 2 N–H and O–H groups in total. The summed E-state index contributed by atoms with van der Waals surface area (Å²) in [5.74, 6) is 0.538. The fraction of sp³-hybridized carbons (Fsp3) is 0.273. The van der Waals surface area contributed by atoms with Crippen molar-refractivity contribution in [1.29, 1.82) is 0 Å². The molecule has 1 aromatic heterocycles. The minimum atomic E-state index is -0.365. The molecule has 0 aliphatic rings. The molecular weight excluding hydrogens is 496 g/mol. The monoisotopic (exact) mass is 523 g/mol. The number of hydrogen-bond donors (Lipinski definition) is 2. The molecule has 1 heterocycles. The summed E-state index contributed by atoms with van der Waals surface area (Å²) in [6.45, 7) is 3.71. The van der Waals surface area contributed by atoms with Crippen molar-refractivity contribution in [2.24, 2.45) is 4.99 Å². The van der Waals surface area contributed by atoms with Crippen molar-refractivity contribution >= 4 is 29.9 Å². The minimum Gasteiger partial charge on any atom is -0.486 e. The molecule has 0 amide bonds. The molecule has 0 bridgehead atoms. The van der Waals surface area contributed by atoms with Crippen LogP contribution in [0.2, 0.25) is 0 Å². The summed E-state index contributed by atoms with van der Waals surface area (Å²) in [6, 6.07) is 16.5. The minimum absolute atomic E-state index is 0. The van der Waals surface area contributed by atoms with E-state index < -0.39 is 0 Å². The maximum absolute atomic E-state index is 13.7. The first-order valence-electron chi connectivity index (χ1n) is 9.55. The van der Waals surface area contributed by atoms with Gasteiger partial charge < -0.3 is 15.4 Å². The number of para-hydroxylation sites is 1. The van der Waals surface area contributed by atoms with Gasteiger partial charge >= 0.3 is 0 Å². The average molecular weight is 523 g/mol. The number of aromatic nitrogens is 2. The number of guanidine groups is 1. The molecular formula is C22H27FIN5O. The molecule has 0 saturated carbocycles. The predicted octanol–water partition coefficient (Wildman–Crippen LogP) is 3.82. The van der Waals surface area contributed by atoms with Crippen molar-refractivity contribution in [3.8, 4) is 5.75 Å². The van der Waals surface area contributed by atoms with E-state index in [0.29, 0.717) is 25.6 Å². The first kappa shape index (κ1) is 23.7. The molecule has 1 atom stereocenters. The summed E-state index contributed by atoms with van der Waals surface area (Å²) >= 11 is 0. The Kier molecular flexibility index (Phi) is 9.59. The van der Waals surface area contributed by atoms with Crippen LogP contribution >= 0.6 is 24.0 Å². The van der Waals surface area contributed by atoms with E-state index in [1.807, 2.05) is 36.0 Å². The van der Waals surface area contributed by atoms with E-state index in [9.17, 15) is 4.39 Å². The summed E-state index contributed by atoms with van der Waals surface area (Å²) in [7, 11) is 1.72. The van der Waals surface area contributed by atoms with E-state index in [0.717, 1.165) is 0 Å². The maximum atomic E-state index is 13.7. The number of nitrogens with one attached hydrogen (secondary N) is 2. The smallest absolute Gasteiger partial charge is 0.191 e. The second-order valence-corrected chi connectivity index (χ2v) is 6.64. The van der Waals surface area contributed by atoms with Gasteiger partial charge in [0.25, 0.3) is 0 Å². The largest absolute Gasteiger partial charge is 0.486 e. The van der Waals surface area contributed by atoms with Gasteiger partial charge in [-0.25, -0.2) is 4.39 Å². The number of nitrogens with zero attached hydrogens (tertiary/aromatic N) is 3. The molecule has 2 aromatic carbocycles. The van der Waals surface area contributed by atoms with Crippen molar-refractivity contribution < 1.29 is 9.13 Å². The van der Waals surface area contributed by atoms with Crippen LogP contribution in [0, 0.1) is 5.82 Å². The molecule has 0 radical (unpaired) electrons. The third kappa shape index (κ3) is 7.01. The highest BCUT2D eigenvalue weighted by atomic mass is 127. The van der Waals surface area contributed by atoms with Crippen LogP contribution in [0.3, 0.4) is 0 Å². The van der Waals surface area contributed by atoms with Crippen LogP contribution in [-0.2, 0) is 13.1 Å². The van der Waals surface area contributed by atoms with Crippen molar-refractivity contribution in [3.05, 3.63) is 83.9 Å². The Hall–Kier alpha value is -2.62. The van der Waals surface area contributed by atoms with Gasteiger partial charge in [0.1, 0.15) is 6.10 Å². The lowest BCUT2D eigenvalue weighted by molar-refractivity contribution is 0.214. The predicted molar refractivity (Wildman–Crippen MR) is 128 cm³/mol. The molecule has 0 fully saturated rings. The van der Waals surface area contributed by atoms with E-state index in [-0.39, 0.29) is 41.6 Å². The van der Waals surface area contributed by atoms with Gasteiger partial charge in [0.2, 0.25) is 0 Å². The third-order valence-corrected chi connectivity index (χ3v) is 4.40. The number of halogens is 2. The van der Waals surface area contributed by atoms with Crippen LogP contribution < -0.4 is 15.4 Å². The first-order chi connectivity index (χ1) is 14.2. The highest BCUT2D eigenvalue weighted by molar-refractivity contribution is 14.0. The lowest BCUT2D eigenvalue weighted by atomic mass is 10.1. The van der Waals surface area contributed by atoms with Crippen LogP contribution in [0.25, 0.3) is 0 Å². The standard InChI is InChI=1S/C22H26FN5O.HI/c1-17(29-21-11-6-5-10-20(21)23)14-25-22(24-2)26-15-18-8-3-4-9-19(18)16-28-13-7-12-27-28;/h3-13,17H,14-16H2,1-2H3,(H2,24,25,26);1H. The quantitative estimate of drug-likeness (QED) is 0.268. The SMILES string of the molecule is CN=C(NCc1ccccc1Cn1cccn1)NCC(C)Oc1ccccc1F.I. The fourth-order valence-corrected chi connectivity index (χ4v) is 2.89. The topological polar surface area (TPSA) is 63.5 Å². The Morgan fingerprint density at radius 3 is 2.53 bits per heavy atom. The lowest BCUT2D eigenvalue weighted by Gasteiger charge is -2.18. The van der Waals surface area contributed by atoms with E-state index in [4.69, 9.17) is 4.74 Å². The van der Waals surface area contributed by atoms with Crippen molar-refractivity contribution in [3.63, 3.8) is 0 Å². The zero-order valence-electron chi connectivity index (χ0n) is 17.1. The normalized spacial score (nSPS) is 12.0. The van der Waals surface area contributed by atoms with Gasteiger partial charge in [-0.15, -0.1) is 24.0 Å². The molecule has 3 aromatic rings. The summed E-state index contributed by atoms with van der Waals surface area (Å²) < 4.78 is 21.3. The molecule has 160 valence electrons. The zero-order chi connectivity index (χ0) is 20.5. The van der Waals surface area contributed by atoms with Crippen LogP contribution in [0.1, 0.15) is 18.1 Å². The van der Waals surface area contributed by atoms with E-state index in [1.54, 1.807) is 31.4 Å². The summed E-state index contributed by atoms with van der Waals surface area (Å²) in [5.41, 5.74) is 2.36. The van der Waals surface area contributed by atoms with Crippen LogP contribution in [-0.4, -0.2) is 35.4 Å². The van der Waals surface area contributed by atoms with E-state index in [2.05, 4.69) is 32.9 Å². The number of ether oxygens (including phenoxy) is 1. The summed E-state index contributed by atoms with van der Waals surface area (Å²) in [6.07, 6.45) is 3.50. The van der Waals surface area contributed by atoms with Gasteiger partial charge in [0.15, 0.2) is 17.5 Å². The van der Waals surface area contributed by atoms with Crippen LogP contribution in [0.4, 0.5) is 4.39 Å². The molecule has 0 aliphatic heterocycles. The Balaban J connectivity index is 0.00000320. The van der Waals surface area contributed by atoms with Crippen LogP contribution in [0.15, 0.2) is 72.0 Å². The van der Waals surface area contributed by atoms with E-state index >= 15 is 0 Å². The molecule has 1 unspecified atom stereocenters. The molecule has 3 rings (SSSR count). The highest BCUT2D eigenvalue weighted by Gasteiger charge is 2.09. The van der Waals surface area contributed by atoms with Crippen LogP contribution in [0.5, 0.6) is 5.75 Å². The van der Waals surface area contributed by atoms with Gasteiger partial charge in [0, 0.05) is 26.0 Å². The summed E-state index contributed by atoms with van der Waals surface area (Å²) in [4.78, 5) is 4.25. The first-order valence-corrected chi connectivity index (χ1v) is 9.55. The average Bonchev–Trinajstić information content (AvgIpc) is 3.24. The van der Waals surface area contributed by atoms with Gasteiger partial charge in [0.05, 0.1) is 13.1 Å². The fourth-order valence-electron chi connectivity index (χ4n) is 2.89. The Morgan fingerprint density at radius 2 is 1.83 bits per heavy atom. The maximum Gasteiger partial charge on any atom is 0.191 e. The Labute approximate surface area is 193 Å². The molecule has 30 heavy (non-hydrogen) atoms. The molecule has 6 nitrogen and oxygen atoms in total. The Morgan fingerprint density at radius 1 is 1.10 bits per heavy atom. The highest BCUT2D eigenvalue weighted by Crippen LogP contribution is 2.16. The Bertz CT molecular complexity index is 933. The third-order valence-electron chi connectivity index (χ3n) is 4.40. The number of rotatable bonds is 8. The molecule has 0 saturated heterocycles. The van der Waals surface area contributed by atoms with Gasteiger partial charge in [-0.05, 0) is 36.2 Å². The molecule has 0 spiro atoms. The number of hydrogen-bond acceptors (Lipinski definition) is 3.